The van der Waals surface area contributed by atoms with Gasteiger partial charge in [0.15, 0.2) is 5.82 Å². The zero-order chi connectivity index (χ0) is 25.7. The first-order chi connectivity index (χ1) is 17.2. The standard InChI is InChI=1S/C26H26N4O5S/c1-2-35-26(32)21-12-13-22-23(16-21)30(24(29-22)25(31)28-14-15-36(27,33)34)17-18-8-10-20(11-9-18)19-6-4-3-5-7-19/h3-13,16H,2,14-15,17H2,1H3,(H,28,31)(H2,27,33,34). The molecule has 0 spiro atoms. The number of carbonyl (C=O) groups excluding carboxylic acids is 2. The number of ether oxygens (including phenoxy) is 1. The Morgan fingerprint density at radius 2 is 1.69 bits per heavy atom. The third kappa shape index (κ3) is 5.96. The lowest BCUT2D eigenvalue weighted by Gasteiger charge is -2.11. The van der Waals surface area contributed by atoms with E-state index in [-0.39, 0.29) is 19.0 Å². The molecule has 1 amide bonds. The normalized spacial score (nSPS) is 11.4. The summed E-state index contributed by atoms with van der Waals surface area (Å²) in [5.74, 6) is -1.33. The largest absolute Gasteiger partial charge is 0.462 e. The number of hydrogen-bond donors (Lipinski definition) is 2. The highest BCUT2D eigenvalue weighted by atomic mass is 32.2. The molecular weight excluding hydrogens is 480 g/mol. The van der Waals surface area contributed by atoms with Crippen molar-refractivity contribution >= 4 is 32.9 Å². The number of carbonyl (C=O) groups is 2. The molecule has 36 heavy (non-hydrogen) atoms. The number of fused-ring (bicyclic) bond motifs is 1. The predicted octanol–water partition coefficient (Wildman–Crippen LogP) is 2.95. The third-order valence-corrected chi connectivity index (χ3v) is 6.31. The molecule has 0 saturated carbocycles. The maximum atomic E-state index is 12.9. The molecule has 0 atom stereocenters. The van der Waals surface area contributed by atoms with Crippen molar-refractivity contribution in [1.29, 1.82) is 0 Å². The van der Waals surface area contributed by atoms with E-state index in [9.17, 15) is 18.0 Å². The Hall–Kier alpha value is -4.02. The van der Waals surface area contributed by atoms with Gasteiger partial charge in [-0.1, -0.05) is 54.6 Å². The van der Waals surface area contributed by atoms with Crippen molar-refractivity contribution in [2.45, 2.75) is 13.5 Å². The molecule has 4 aromatic rings. The number of nitrogens with two attached hydrogens (primary N) is 1. The van der Waals surface area contributed by atoms with E-state index in [1.54, 1.807) is 29.7 Å². The van der Waals surface area contributed by atoms with Gasteiger partial charge in [-0.05, 0) is 41.8 Å². The van der Waals surface area contributed by atoms with E-state index in [0.717, 1.165) is 16.7 Å². The molecule has 0 saturated heterocycles. The highest BCUT2D eigenvalue weighted by Crippen LogP contribution is 2.23. The highest BCUT2D eigenvalue weighted by Gasteiger charge is 2.20. The van der Waals surface area contributed by atoms with E-state index < -0.39 is 27.7 Å². The van der Waals surface area contributed by atoms with Gasteiger partial charge in [0.2, 0.25) is 10.0 Å². The van der Waals surface area contributed by atoms with Crippen molar-refractivity contribution in [2.75, 3.05) is 18.9 Å². The maximum absolute atomic E-state index is 12.9. The molecule has 3 aromatic carbocycles. The second-order valence-corrected chi connectivity index (χ2v) is 9.87. The summed E-state index contributed by atoms with van der Waals surface area (Å²) in [6, 6.07) is 22.8. The summed E-state index contributed by atoms with van der Waals surface area (Å²) in [5.41, 5.74) is 4.48. The molecule has 1 aromatic heterocycles. The van der Waals surface area contributed by atoms with Gasteiger partial charge in [0, 0.05) is 13.1 Å². The molecule has 0 fully saturated rings. The van der Waals surface area contributed by atoms with Gasteiger partial charge in [-0.15, -0.1) is 0 Å². The number of nitrogens with one attached hydrogen (secondary N) is 1. The Labute approximate surface area is 209 Å². The average Bonchev–Trinajstić information content (AvgIpc) is 3.22. The second-order valence-electron chi connectivity index (χ2n) is 8.13. The quantitative estimate of drug-likeness (QED) is 0.335. The van der Waals surface area contributed by atoms with E-state index in [1.165, 1.54) is 0 Å². The smallest absolute Gasteiger partial charge is 0.338 e. The summed E-state index contributed by atoms with van der Waals surface area (Å²) >= 11 is 0. The SMILES string of the molecule is CCOC(=O)c1ccc2nc(C(=O)NCCS(N)(=O)=O)n(Cc3ccc(-c4ccccc4)cc3)c2c1. The van der Waals surface area contributed by atoms with Crippen LogP contribution >= 0.6 is 0 Å². The fourth-order valence-corrected chi connectivity index (χ4v) is 4.19. The summed E-state index contributed by atoms with van der Waals surface area (Å²) in [6.45, 7) is 2.11. The highest BCUT2D eigenvalue weighted by molar-refractivity contribution is 7.89. The van der Waals surface area contributed by atoms with E-state index in [1.807, 2.05) is 54.6 Å². The number of hydrogen-bond acceptors (Lipinski definition) is 6. The van der Waals surface area contributed by atoms with Gasteiger partial charge in [0.05, 0.1) is 29.0 Å². The van der Waals surface area contributed by atoms with Crippen LogP contribution in [0.1, 0.15) is 33.5 Å². The number of nitrogens with zero attached hydrogens (tertiary/aromatic N) is 2. The molecule has 0 unspecified atom stereocenters. The summed E-state index contributed by atoms with van der Waals surface area (Å²) in [5, 5.41) is 7.59. The minimum atomic E-state index is -3.73. The van der Waals surface area contributed by atoms with Crippen LogP contribution in [-0.4, -0.2) is 48.7 Å². The zero-order valence-corrected chi connectivity index (χ0v) is 20.5. The minimum Gasteiger partial charge on any atom is -0.462 e. The number of rotatable bonds is 9. The van der Waals surface area contributed by atoms with Gasteiger partial charge in [-0.25, -0.2) is 23.3 Å². The number of primary sulfonamides is 1. The molecule has 9 nitrogen and oxygen atoms in total. The minimum absolute atomic E-state index is 0.0903. The van der Waals surface area contributed by atoms with Crippen molar-refractivity contribution < 1.29 is 22.7 Å². The van der Waals surface area contributed by atoms with Gasteiger partial charge < -0.3 is 14.6 Å². The van der Waals surface area contributed by atoms with E-state index in [4.69, 9.17) is 9.88 Å². The Kier molecular flexibility index (Phi) is 7.47. The van der Waals surface area contributed by atoms with Crippen LogP contribution < -0.4 is 10.5 Å². The summed E-state index contributed by atoms with van der Waals surface area (Å²) in [7, 11) is -3.73. The molecule has 10 heteroatoms. The molecule has 0 radical (unpaired) electrons. The van der Waals surface area contributed by atoms with Crippen molar-refractivity contribution in [3.05, 3.63) is 89.7 Å². The van der Waals surface area contributed by atoms with Crippen LogP contribution in [-0.2, 0) is 21.3 Å². The lowest BCUT2D eigenvalue weighted by molar-refractivity contribution is 0.0526. The van der Waals surface area contributed by atoms with Crippen molar-refractivity contribution in [1.82, 2.24) is 14.9 Å². The fourth-order valence-electron chi connectivity index (χ4n) is 3.80. The van der Waals surface area contributed by atoms with Gasteiger partial charge in [-0.3, -0.25) is 4.79 Å². The molecule has 1 heterocycles. The molecule has 0 aliphatic carbocycles. The molecule has 3 N–H and O–H groups in total. The first-order valence-electron chi connectivity index (χ1n) is 11.4. The topological polar surface area (TPSA) is 133 Å². The predicted molar refractivity (Wildman–Crippen MR) is 137 cm³/mol. The van der Waals surface area contributed by atoms with Crippen molar-refractivity contribution in [3.8, 4) is 11.1 Å². The first kappa shape index (κ1) is 25.1. The van der Waals surface area contributed by atoms with Crippen LogP contribution in [0, 0.1) is 0 Å². The van der Waals surface area contributed by atoms with Gasteiger partial charge in [-0.2, -0.15) is 0 Å². The van der Waals surface area contributed by atoms with Crippen molar-refractivity contribution in [3.63, 3.8) is 0 Å². The number of aromatic nitrogens is 2. The number of esters is 1. The van der Waals surface area contributed by atoms with Gasteiger partial charge in [0.25, 0.3) is 5.91 Å². The lowest BCUT2D eigenvalue weighted by Crippen LogP contribution is -2.33. The monoisotopic (exact) mass is 506 g/mol. The number of imidazole rings is 1. The molecule has 4 rings (SSSR count). The third-order valence-electron chi connectivity index (χ3n) is 5.54. The molecular formula is C26H26N4O5S. The van der Waals surface area contributed by atoms with Crippen LogP contribution in [0.2, 0.25) is 0 Å². The molecule has 186 valence electrons. The number of benzene rings is 3. The zero-order valence-electron chi connectivity index (χ0n) is 19.7. The van der Waals surface area contributed by atoms with Crippen LogP contribution in [0.4, 0.5) is 0 Å². The Morgan fingerprint density at radius 1 is 1.00 bits per heavy atom. The van der Waals surface area contributed by atoms with Gasteiger partial charge >= 0.3 is 5.97 Å². The average molecular weight is 507 g/mol. The van der Waals surface area contributed by atoms with E-state index in [2.05, 4.69) is 10.3 Å². The summed E-state index contributed by atoms with van der Waals surface area (Å²) in [4.78, 5) is 29.7. The van der Waals surface area contributed by atoms with E-state index >= 15 is 0 Å². The molecule has 0 aliphatic heterocycles. The van der Waals surface area contributed by atoms with Crippen LogP contribution in [0.15, 0.2) is 72.8 Å². The molecule has 0 bridgehead atoms. The number of amides is 1. The fraction of sp³-hybridized carbons (Fsp3) is 0.192. The van der Waals surface area contributed by atoms with Crippen molar-refractivity contribution in [2.24, 2.45) is 5.14 Å². The summed E-state index contributed by atoms with van der Waals surface area (Å²) in [6.07, 6.45) is 0. The van der Waals surface area contributed by atoms with Gasteiger partial charge in [0.1, 0.15) is 0 Å². The second kappa shape index (κ2) is 10.7. The Bertz CT molecular complexity index is 1500. The lowest BCUT2D eigenvalue weighted by atomic mass is 10.0. The van der Waals surface area contributed by atoms with Crippen LogP contribution in [0.5, 0.6) is 0 Å². The first-order valence-corrected chi connectivity index (χ1v) is 13.1. The van der Waals surface area contributed by atoms with Crippen LogP contribution in [0.25, 0.3) is 22.2 Å². The number of sulfonamides is 1. The Morgan fingerprint density at radius 3 is 2.36 bits per heavy atom. The molecule has 0 aliphatic rings. The van der Waals surface area contributed by atoms with E-state index in [0.29, 0.717) is 23.1 Å². The Balaban J connectivity index is 1.69. The van der Waals surface area contributed by atoms with Crippen LogP contribution in [0.3, 0.4) is 0 Å². The maximum Gasteiger partial charge on any atom is 0.338 e. The summed E-state index contributed by atoms with van der Waals surface area (Å²) < 4.78 is 29.3.